The monoisotopic (exact) mass is 820 g/mol. The number of ether oxygens (including phenoxy) is 1. The molecule has 5 aromatic rings. The second-order valence-electron chi connectivity index (χ2n) is 12.8. The van der Waals surface area contributed by atoms with E-state index in [4.69, 9.17) is 35.3 Å². The fourth-order valence-corrected chi connectivity index (χ4v) is 5.61. The Hall–Kier alpha value is -6.40. The average Bonchev–Trinajstić information content (AvgIpc) is 3.56. The number of carbonyl (C=O) groups is 3. The van der Waals surface area contributed by atoms with Crippen LogP contribution in [0.3, 0.4) is 0 Å². The summed E-state index contributed by atoms with van der Waals surface area (Å²) in [6.07, 6.45) is -2.85. The number of nitrogens with zero attached hydrogens (tertiary/aromatic N) is 3. The zero-order chi connectivity index (χ0) is 42.8. The van der Waals surface area contributed by atoms with Crippen molar-refractivity contribution in [1.29, 1.82) is 0 Å². The first kappa shape index (κ1) is 44.3. The highest BCUT2D eigenvalue weighted by molar-refractivity contribution is 5.93. The third-order valence-corrected chi connectivity index (χ3v) is 8.66. The lowest BCUT2D eigenvalue weighted by atomic mass is 9.93. The number of carboxylic acids is 2. The Kier molecular flexibility index (Phi) is 14.6. The Morgan fingerprint density at radius 3 is 2.14 bits per heavy atom. The maximum absolute atomic E-state index is 16.4. The number of carbonyl (C=O) groups excluding carboxylic acids is 1. The zero-order valence-corrected chi connectivity index (χ0v) is 31.0. The lowest BCUT2D eigenvalue weighted by molar-refractivity contribution is -0.193. The number of benzene rings is 3. The van der Waals surface area contributed by atoms with Gasteiger partial charge in [0.05, 0.1) is 12.3 Å². The summed E-state index contributed by atoms with van der Waals surface area (Å²) in [5.74, 6) is -4.94. The topological polar surface area (TPSA) is 182 Å². The minimum Gasteiger partial charge on any atom is -0.491 e. The van der Waals surface area contributed by atoms with Gasteiger partial charge in [0.1, 0.15) is 24.2 Å². The Morgan fingerprint density at radius 1 is 0.948 bits per heavy atom. The molecule has 3 aromatic carbocycles. The number of nitrogen functional groups attached to an aromatic ring is 1. The van der Waals surface area contributed by atoms with Crippen molar-refractivity contribution < 1.29 is 60.1 Å². The van der Waals surface area contributed by atoms with E-state index in [1.54, 1.807) is 12.3 Å². The van der Waals surface area contributed by atoms with E-state index >= 15 is 4.39 Å². The van der Waals surface area contributed by atoms with Crippen LogP contribution < -0.4 is 21.1 Å². The largest absolute Gasteiger partial charge is 0.491 e. The van der Waals surface area contributed by atoms with E-state index in [2.05, 4.69) is 15.6 Å². The SMILES string of the molecule is CCOc1cc(CC)cc(C(Nc2ccc3c(N)nccc3c2)c2nc(-c3ccccc3)cn2CC(=O)NC2CCC2)c1F.O=C(O)C(F)(F)F.O=C(O)C(F)(F)F. The van der Waals surface area contributed by atoms with Crippen molar-refractivity contribution in [3.8, 4) is 17.0 Å². The minimum absolute atomic E-state index is 0.0528. The molecule has 19 heteroatoms. The van der Waals surface area contributed by atoms with E-state index in [0.29, 0.717) is 35.9 Å². The maximum atomic E-state index is 16.4. The van der Waals surface area contributed by atoms with Crippen molar-refractivity contribution in [3.05, 3.63) is 102 Å². The highest BCUT2D eigenvalue weighted by Gasteiger charge is 2.39. The third kappa shape index (κ3) is 11.8. The molecule has 1 saturated carbocycles. The molecule has 2 aromatic heterocycles. The first-order valence-electron chi connectivity index (χ1n) is 17.7. The van der Waals surface area contributed by atoms with Gasteiger partial charge in [-0.3, -0.25) is 4.79 Å². The smallest absolute Gasteiger partial charge is 0.490 e. The van der Waals surface area contributed by atoms with Gasteiger partial charge in [-0.15, -0.1) is 0 Å². The molecular weight excluding hydrogens is 781 g/mol. The number of aliphatic carboxylic acids is 2. The predicted molar refractivity (Wildman–Crippen MR) is 199 cm³/mol. The van der Waals surface area contributed by atoms with Crippen LogP contribution >= 0.6 is 0 Å². The molecule has 310 valence electrons. The third-order valence-electron chi connectivity index (χ3n) is 8.66. The predicted octanol–water partition coefficient (Wildman–Crippen LogP) is 7.92. The molecule has 1 amide bonds. The summed E-state index contributed by atoms with van der Waals surface area (Å²) in [7, 11) is 0. The quantitative estimate of drug-likeness (QED) is 0.0822. The summed E-state index contributed by atoms with van der Waals surface area (Å²) in [5.41, 5.74) is 9.76. The van der Waals surface area contributed by atoms with Crippen molar-refractivity contribution in [2.45, 2.75) is 70.5 Å². The fraction of sp³-hybridized carbons (Fsp3) is 0.308. The molecule has 6 rings (SSSR count). The first-order chi connectivity index (χ1) is 27.3. The standard InChI is InChI=1S/C35H37FN6O2.2C2HF3O2/c1-3-22-17-28(32(36)30(18-22)44-4-2)33(40-26-13-14-27-24(19-26)15-16-38-34(27)37)35-41-29(23-9-6-5-7-10-23)20-42(35)21-31(43)39-25-11-8-12-25;2*3-2(4,5)1(6)7/h5-7,9-10,13-20,25,33,40H,3-4,8,11-12,21H2,1-2H3,(H2,37,38)(H,39,43);2*(H,6,7). The van der Waals surface area contributed by atoms with Gasteiger partial charge in [0, 0.05) is 40.6 Å². The lowest BCUT2D eigenvalue weighted by Gasteiger charge is -2.27. The second kappa shape index (κ2) is 19.2. The summed E-state index contributed by atoms with van der Waals surface area (Å²) >= 11 is 0. The molecule has 1 aliphatic rings. The number of halogens is 7. The van der Waals surface area contributed by atoms with Crippen LogP contribution in [0.5, 0.6) is 5.75 Å². The van der Waals surface area contributed by atoms with Crippen LogP contribution in [0.25, 0.3) is 22.0 Å². The van der Waals surface area contributed by atoms with Gasteiger partial charge in [0.25, 0.3) is 0 Å². The Labute approximate surface area is 326 Å². The number of nitrogens with two attached hydrogens (primary N) is 1. The van der Waals surface area contributed by atoms with Gasteiger partial charge in [-0.2, -0.15) is 26.3 Å². The number of pyridine rings is 1. The van der Waals surface area contributed by atoms with E-state index < -0.39 is 36.2 Å². The van der Waals surface area contributed by atoms with Gasteiger partial charge in [0.15, 0.2) is 11.6 Å². The van der Waals surface area contributed by atoms with Gasteiger partial charge in [-0.1, -0.05) is 43.3 Å². The van der Waals surface area contributed by atoms with Crippen molar-refractivity contribution in [2.24, 2.45) is 0 Å². The zero-order valence-electron chi connectivity index (χ0n) is 31.0. The molecule has 12 nitrogen and oxygen atoms in total. The number of imidazole rings is 1. The van der Waals surface area contributed by atoms with Crippen molar-refractivity contribution in [1.82, 2.24) is 19.9 Å². The highest BCUT2D eigenvalue weighted by atomic mass is 19.4. The average molecular weight is 821 g/mol. The normalized spacial score (nSPS) is 13.2. The summed E-state index contributed by atoms with van der Waals surface area (Å²) in [6, 6.07) is 20.5. The van der Waals surface area contributed by atoms with Crippen LogP contribution in [0.1, 0.15) is 56.1 Å². The van der Waals surface area contributed by atoms with E-state index in [-0.39, 0.29) is 24.2 Å². The molecule has 0 spiro atoms. The number of fused-ring (bicyclic) bond motifs is 1. The molecule has 1 atom stereocenters. The number of alkyl halides is 6. The van der Waals surface area contributed by atoms with Crippen LogP contribution in [0.4, 0.5) is 42.2 Å². The number of hydrogen-bond donors (Lipinski definition) is 5. The first-order valence-corrected chi connectivity index (χ1v) is 17.7. The van der Waals surface area contributed by atoms with E-state index in [9.17, 15) is 31.1 Å². The number of carboxylic acid groups (broad SMARTS) is 2. The molecule has 58 heavy (non-hydrogen) atoms. The number of aromatic nitrogens is 3. The van der Waals surface area contributed by atoms with Crippen LogP contribution in [-0.4, -0.2) is 67.6 Å². The summed E-state index contributed by atoms with van der Waals surface area (Å²) in [6.45, 7) is 4.24. The van der Waals surface area contributed by atoms with E-state index in [0.717, 1.165) is 46.8 Å². The minimum atomic E-state index is -5.08. The molecule has 0 radical (unpaired) electrons. The van der Waals surface area contributed by atoms with Crippen LogP contribution in [0.2, 0.25) is 0 Å². The van der Waals surface area contributed by atoms with Gasteiger partial charge in [0.2, 0.25) is 5.91 Å². The summed E-state index contributed by atoms with van der Waals surface area (Å²) < 4.78 is 87.4. The number of nitrogens with one attached hydrogen (secondary N) is 2. The lowest BCUT2D eigenvalue weighted by Crippen LogP contribution is -2.41. The molecule has 1 aliphatic carbocycles. The Bertz CT molecular complexity index is 2190. The summed E-state index contributed by atoms with van der Waals surface area (Å²) in [4.78, 5) is 40.3. The molecule has 1 unspecified atom stereocenters. The molecule has 6 N–H and O–H groups in total. The Balaban J connectivity index is 0.000000456. The number of amides is 1. The number of anilines is 2. The van der Waals surface area contributed by atoms with Gasteiger partial charge in [-0.05, 0) is 73.9 Å². The fourth-order valence-electron chi connectivity index (χ4n) is 5.61. The molecule has 2 heterocycles. The second-order valence-corrected chi connectivity index (χ2v) is 12.8. The number of aryl methyl sites for hydroxylation is 1. The van der Waals surface area contributed by atoms with Crippen LogP contribution in [-0.2, 0) is 27.3 Å². The molecule has 0 saturated heterocycles. The molecule has 0 bridgehead atoms. The van der Waals surface area contributed by atoms with Crippen LogP contribution in [0.15, 0.2) is 79.1 Å². The van der Waals surface area contributed by atoms with E-state index in [1.165, 1.54) is 0 Å². The molecule has 1 fully saturated rings. The van der Waals surface area contributed by atoms with Gasteiger partial charge < -0.3 is 35.9 Å². The maximum Gasteiger partial charge on any atom is 0.490 e. The number of hydrogen-bond acceptors (Lipinski definition) is 8. The van der Waals surface area contributed by atoms with Crippen LogP contribution in [0, 0.1) is 5.82 Å². The molecule has 0 aliphatic heterocycles. The summed E-state index contributed by atoms with van der Waals surface area (Å²) in [5, 5.41) is 22.7. The van der Waals surface area contributed by atoms with Crippen molar-refractivity contribution in [3.63, 3.8) is 0 Å². The number of rotatable bonds is 11. The Morgan fingerprint density at radius 2 is 1.59 bits per heavy atom. The highest BCUT2D eigenvalue weighted by Crippen LogP contribution is 2.36. The van der Waals surface area contributed by atoms with Crippen molar-refractivity contribution >= 4 is 40.1 Å². The van der Waals surface area contributed by atoms with Gasteiger partial charge >= 0.3 is 24.3 Å². The van der Waals surface area contributed by atoms with E-state index in [1.807, 2.05) is 85.3 Å². The van der Waals surface area contributed by atoms with Gasteiger partial charge in [-0.25, -0.2) is 23.9 Å². The molecular formula is C39H39F7N6O6. The van der Waals surface area contributed by atoms with Crippen molar-refractivity contribution in [2.75, 3.05) is 17.7 Å².